The van der Waals surface area contributed by atoms with Crippen LogP contribution in [0.3, 0.4) is 0 Å². The van der Waals surface area contributed by atoms with Crippen LogP contribution in [0.5, 0.6) is 0 Å². The third kappa shape index (κ3) is 2.89. The molecule has 0 saturated carbocycles. The van der Waals surface area contributed by atoms with Crippen molar-refractivity contribution >= 4 is 28.9 Å². The van der Waals surface area contributed by atoms with E-state index in [0.717, 1.165) is 12.1 Å². The van der Waals surface area contributed by atoms with Crippen LogP contribution in [-0.2, 0) is 0 Å². The van der Waals surface area contributed by atoms with Crippen molar-refractivity contribution < 1.29 is 14.1 Å². The van der Waals surface area contributed by atoms with E-state index in [4.69, 9.17) is 11.6 Å². The number of hydrogen-bond donors (Lipinski definition) is 1. The topological polar surface area (TPSA) is 85.1 Å². The number of rotatable bonds is 3. The van der Waals surface area contributed by atoms with Crippen LogP contribution in [0.25, 0.3) is 0 Å². The molecule has 1 aromatic heterocycles. The molecule has 1 N–H and O–H groups in total. The van der Waals surface area contributed by atoms with E-state index in [-0.39, 0.29) is 16.3 Å². The van der Waals surface area contributed by atoms with Crippen LogP contribution in [0.1, 0.15) is 10.4 Å². The molecule has 0 aliphatic rings. The molecule has 6 nitrogen and oxygen atoms in total. The van der Waals surface area contributed by atoms with E-state index in [0.29, 0.717) is 0 Å². The molecule has 0 radical (unpaired) electrons. The second-order valence-corrected chi connectivity index (χ2v) is 4.14. The molecule has 0 aliphatic carbocycles. The minimum absolute atomic E-state index is 0.0889. The molecule has 1 heterocycles. The molecule has 0 bridgehead atoms. The van der Waals surface area contributed by atoms with Crippen LogP contribution in [0.4, 0.5) is 15.8 Å². The van der Waals surface area contributed by atoms with Gasteiger partial charge in [0.1, 0.15) is 0 Å². The van der Waals surface area contributed by atoms with E-state index in [1.807, 2.05) is 0 Å². The van der Waals surface area contributed by atoms with Gasteiger partial charge in [0.05, 0.1) is 15.5 Å². The number of nitrogens with one attached hydrogen (secondary N) is 1. The molecule has 2 aromatic rings. The highest BCUT2D eigenvalue weighted by molar-refractivity contribution is 6.34. The first-order valence-corrected chi connectivity index (χ1v) is 5.71. The lowest BCUT2D eigenvalue weighted by molar-refractivity contribution is -0.387. The summed E-state index contributed by atoms with van der Waals surface area (Å²) in [6, 6.07) is 4.47. The van der Waals surface area contributed by atoms with Crippen molar-refractivity contribution in [2.75, 3.05) is 5.32 Å². The van der Waals surface area contributed by atoms with Crippen LogP contribution < -0.4 is 5.32 Å². The lowest BCUT2D eigenvalue weighted by Gasteiger charge is -2.06. The molecule has 0 saturated heterocycles. The molecule has 2 rings (SSSR count). The number of benzene rings is 1. The third-order valence-corrected chi connectivity index (χ3v) is 2.72. The van der Waals surface area contributed by atoms with Gasteiger partial charge in [0.2, 0.25) is 5.82 Å². The minimum Gasteiger partial charge on any atom is -0.322 e. The molecular formula is C12H7ClFN3O3. The van der Waals surface area contributed by atoms with Gasteiger partial charge in [-0.25, -0.2) is 0 Å². The Morgan fingerprint density at radius 3 is 2.75 bits per heavy atom. The van der Waals surface area contributed by atoms with Gasteiger partial charge in [-0.2, -0.15) is 4.39 Å². The van der Waals surface area contributed by atoms with Gasteiger partial charge in [0.15, 0.2) is 0 Å². The molecule has 1 aromatic carbocycles. The molecule has 0 fully saturated rings. The monoisotopic (exact) mass is 295 g/mol. The summed E-state index contributed by atoms with van der Waals surface area (Å²) < 4.78 is 13.4. The fraction of sp³-hybridized carbons (Fsp3) is 0. The zero-order valence-corrected chi connectivity index (χ0v) is 10.6. The van der Waals surface area contributed by atoms with Gasteiger partial charge in [-0.15, -0.1) is 0 Å². The van der Waals surface area contributed by atoms with Crippen molar-refractivity contribution in [2.45, 2.75) is 0 Å². The van der Waals surface area contributed by atoms with Crippen molar-refractivity contribution in [1.29, 1.82) is 0 Å². The number of amides is 1. The number of carbonyl (C=O) groups is 1. The number of carbonyl (C=O) groups excluding carboxylic acids is 1. The van der Waals surface area contributed by atoms with Crippen LogP contribution >= 0.6 is 11.6 Å². The molecule has 0 spiro atoms. The van der Waals surface area contributed by atoms with Crippen molar-refractivity contribution in [2.24, 2.45) is 0 Å². The number of hydrogen-bond acceptors (Lipinski definition) is 4. The van der Waals surface area contributed by atoms with Crippen LogP contribution in [0, 0.1) is 15.9 Å². The summed E-state index contributed by atoms with van der Waals surface area (Å²) >= 11 is 5.80. The summed E-state index contributed by atoms with van der Waals surface area (Å²) in [5.74, 6) is -1.60. The Bertz CT molecular complexity index is 693. The van der Waals surface area contributed by atoms with Gasteiger partial charge in [0.25, 0.3) is 5.91 Å². The highest BCUT2D eigenvalue weighted by atomic mass is 35.5. The summed E-state index contributed by atoms with van der Waals surface area (Å²) in [5.41, 5.74) is -0.406. The summed E-state index contributed by atoms with van der Waals surface area (Å²) in [7, 11) is 0. The van der Waals surface area contributed by atoms with Crippen LogP contribution in [0.2, 0.25) is 5.02 Å². The fourth-order valence-electron chi connectivity index (χ4n) is 1.49. The first-order valence-electron chi connectivity index (χ1n) is 5.34. The zero-order chi connectivity index (χ0) is 14.7. The average molecular weight is 296 g/mol. The smallest absolute Gasteiger partial charge is 0.304 e. The Hall–Kier alpha value is -2.54. The van der Waals surface area contributed by atoms with Crippen LogP contribution in [0.15, 0.2) is 36.7 Å². The van der Waals surface area contributed by atoms with E-state index >= 15 is 0 Å². The van der Waals surface area contributed by atoms with Gasteiger partial charge in [-0.3, -0.25) is 19.9 Å². The maximum atomic E-state index is 13.4. The van der Waals surface area contributed by atoms with E-state index in [1.54, 1.807) is 0 Å². The Labute approximate surface area is 117 Å². The average Bonchev–Trinajstić information content (AvgIpc) is 2.38. The summed E-state index contributed by atoms with van der Waals surface area (Å²) in [6.07, 6.45) is 2.68. The number of nitrogens with zero attached hydrogens (tertiary/aromatic N) is 2. The zero-order valence-electron chi connectivity index (χ0n) is 9.84. The van der Waals surface area contributed by atoms with E-state index < -0.39 is 22.3 Å². The van der Waals surface area contributed by atoms with E-state index in [2.05, 4.69) is 10.3 Å². The highest BCUT2D eigenvalue weighted by Gasteiger charge is 2.16. The van der Waals surface area contributed by atoms with Gasteiger partial charge in [0, 0.05) is 30.2 Å². The highest BCUT2D eigenvalue weighted by Crippen LogP contribution is 2.22. The van der Waals surface area contributed by atoms with Crippen LogP contribution in [-0.4, -0.2) is 15.8 Å². The Morgan fingerprint density at radius 1 is 1.40 bits per heavy atom. The maximum absolute atomic E-state index is 13.4. The Morgan fingerprint density at radius 2 is 2.15 bits per heavy atom. The summed E-state index contributed by atoms with van der Waals surface area (Å²) in [5, 5.41) is 13.0. The second-order valence-electron chi connectivity index (χ2n) is 3.73. The minimum atomic E-state index is -1.03. The lowest BCUT2D eigenvalue weighted by Crippen LogP contribution is -2.12. The fourth-order valence-corrected chi connectivity index (χ4v) is 1.70. The normalized spacial score (nSPS) is 10.1. The SMILES string of the molecule is O=C(Nc1ccc([N+](=O)[O-])c(F)c1)c1ccncc1Cl. The molecule has 1 amide bonds. The van der Waals surface area contributed by atoms with E-state index in [9.17, 15) is 19.3 Å². The second kappa shape index (κ2) is 5.62. The first-order chi connectivity index (χ1) is 9.49. The quantitative estimate of drug-likeness (QED) is 0.696. The molecule has 0 aliphatic heterocycles. The molecule has 0 atom stereocenters. The maximum Gasteiger partial charge on any atom is 0.304 e. The Kier molecular flexibility index (Phi) is 3.90. The van der Waals surface area contributed by atoms with Gasteiger partial charge >= 0.3 is 5.69 Å². The van der Waals surface area contributed by atoms with Crippen molar-refractivity contribution in [3.8, 4) is 0 Å². The molecular weight excluding hydrogens is 289 g/mol. The lowest BCUT2D eigenvalue weighted by atomic mass is 10.2. The molecule has 20 heavy (non-hydrogen) atoms. The van der Waals surface area contributed by atoms with Gasteiger partial charge < -0.3 is 5.32 Å². The number of nitro benzene ring substituents is 1. The van der Waals surface area contributed by atoms with Crippen molar-refractivity contribution in [3.63, 3.8) is 0 Å². The first kappa shape index (κ1) is 13.9. The van der Waals surface area contributed by atoms with Crippen molar-refractivity contribution in [3.05, 3.63) is 63.2 Å². The third-order valence-electron chi connectivity index (χ3n) is 2.42. The van der Waals surface area contributed by atoms with Gasteiger partial charge in [-0.1, -0.05) is 11.6 Å². The predicted octanol–water partition coefficient (Wildman–Crippen LogP) is 3.03. The summed E-state index contributed by atoms with van der Waals surface area (Å²) in [4.78, 5) is 25.2. The van der Waals surface area contributed by atoms with Crippen molar-refractivity contribution in [1.82, 2.24) is 4.98 Å². The largest absolute Gasteiger partial charge is 0.322 e. The van der Waals surface area contributed by atoms with Gasteiger partial charge in [-0.05, 0) is 12.1 Å². The Balaban J connectivity index is 2.23. The number of aromatic nitrogens is 1. The van der Waals surface area contributed by atoms with E-state index in [1.165, 1.54) is 24.5 Å². The number of nitro groups is 1. The number of anilines is 1. The molecule has 0 unspecified atom stereocenters. The summed E-state index contributed by atoms with van der Waals surface area (Å²) in [6.45, 7) is 0. The molecule has 102 valence electrons. The standard InChI is InChI=1S/C12H7ClFN3O3/c13-9-6-15-4-3-8(9)12(18)16-7-1-2-11(17(19)20)10(14)5-7/h1-6H,(H,16,18). The number of halogens is 2. The molecule has 8 heteroatoms. The number of pyridine rings is 1. The predicted molar refractivity (Wildman–Crippen MR) is 70.3 cm³/mol.